The average Bonchev–Trinajstić information content (AvgIpc) is 4.09. The molecule has 13 heteroatoms. The van der Waals surface area contributed by atoms with Crippen LogP contribution in [0.15, 0.2) is 91.0 Å². The van der Waals surface area contributed by atoms with Crippen molar-refractivity contribution in [1.82, 2.24) is 14.7 Å². The highest BCUT2D eigenvalue weighted by Crippen LogP contribution is 2.26. The van der Waals surface area contributed by atoms with Crippen molar-refractivity contribution in [3.63, 3.8) is 0 Å². The van der Waals surface area contributed by atoms with Gasteiger partial charge in [-0.15, -0.1) is 0 Å². The standard InChI is InChI=1S/3C19H29NO3.H2S/c3*1-19(2,3)23-18(21)20-12-11-16(14-20)10-7-13-22-15-17-8-5-4-6-9-17;/h3*4-6,8-9,16H,7,10-15H2,1-3H3;1H2/t2*16-;;/m10../s1. The molecule has 3 aliphatic heterocycles. The second-order valence-corrected chi connectivity index (χ2v) is 21.8. The highest BCUT2D eigenvalue weighted by atomic mass is 32.1. The van der Waals surface area contributed by atoms with Gasteiger partial charge in [0.15, 0.2) is 0 Å². The van der Waals surface area contributed by atoms with E-state index in [4.69, 9.17) is 28.4 Å². The number of ether oxygens (including phenoxy) is 6. The summed E-state index contributed by atoms with van der Waals surface area (Å²) in [6.07, 6.45) is 9.10. The lowest BCUT2D eigenvalue weighted by atomic mass is 10.0. The van der Waals surface area contributed by atoms with E-state index >= 15 is 0 Å². The summed E-state index contributed by atoms with van der Waals surface area (Å²) in [7, 11) is 0. The second-order valence-electron chi connectivity index (χ2n) is 21.8. The van der Waals surface area contributed by atoms with Crippen LogP contribution in [0.1, 0.15) is 137 Å². The molecule has 6 rings (SSSR count). The van der Waals surface area contributed by atoms with Crippen molar-refractivity contribution in [3.8, 4) is 0 Å². The number of carbonyl (C=O) groups excluding carboxylic acids is 3. The number of carbonyl (C=O) groups is 3. The SMILES string of the molecule is CC(C)(C)OC(=O)N1CCC(CCCOCc2ccccc2)C1.CC(C)(C)OC(=O)N1CC[C@@H](CCCOCc2ccccc2)C1.CC(C)(C)OC(=O)N1CC[C@H](CCCOCc2ccccc2)C1.S. The van der Waals surface area contributed by atoms with Crippen LogP contribution < -0.4 is 0 Å². The van der Waals surface area contributed by atoms with E-state index in [1.165, 1.54) is 16.7 Å². The Balaban J connectivity index is 0.000000276. The average molecular weight is 992 g/mol. The predicted molar refractivity (Wildman–Crippen MR) is 284 cm³/mol. The van der Waals surface area contributed by atoms with Gasteiger partial charge in [0.05, 0.1) is 19.8 Å². The molecule has 0 N–H and O–H groups in total. The fourth-order valence-corrected chi connectivity index (χ4v) is 8.40. The molecule has 1 unspecified atom stereocenters. The highest BCUT2D eigenvalue weighted by molar-refractivity contribution is 7.59. The molecule has 12 nitrogen and oxygen atoms in total. The van der Waals surface area contributed by atoms with E-state index in [0.717, 1.165) is 117 Å². The van der Waals surface area contributed by atoms with Gasteiger partial charge in [0.25, 0.3) is 0 Å². The maximum atomic E-state index is 12.0. The van der Waals surface area contributed by atoms with Crippen LogP contribution in [0.4, 0.5) is 14.4 Å². The Labute approximate surface area is 428 Å². The zero-order valence-corrected chi connectivity index (χ0v) is 45.3. The van der Waals surface area contributed by atoms with Gasteiger partial charge in [-0.25, -0.2) is 14.4 Å². The molecule has 3 aliphatic rings. The minimum Gasteiger partial charge on any atom is -0.444 e. The van der Waals surface area contributed by atoms with Crippen LogP contribution >= 0.6 is 13.5 Å². The van der Waals surface area contributed by atoms with Gasteiger partial charge in [0.1, 0.15) is 16.8 Å². The lowest BCUT2D eigenvalue weighted by Gasteiger charge is -2.24. The Morgan fingerprint density at radius 2 is 0.671 bits per heavy atom. The van der Waals surface area contributed by atoms with E-state index in [2.05, 4.69) is 36.4 Å². The predicted octanol–water partition coefficient (Wildman–Crippen LogP) is 12.8. The molecule has 392 valence electrons. The van der Waals surface area contributed by atoms with Crippen molar-refractivity contribution in [2.24, 2.45) is 17.8 Å². The fourth-order valence-electron chi connectivity index (χ4n) is 8.40. The first-order valence-electron chi connectivity index (χ1n) is 25.6. The number of hydrogen-bond acceptors (Lipinski definition) is 9. The molecule has 0 aliphatic carbocycles. The summed E-state index contributed by atoms with van der Waals surface area (Å²) in [5, 5.41) is 0. The van der Waals surface area contributed by atoms with E-state index < -0.39 is 16.8 Å². The summed E-state index contributed by atoms with van der Waals surface area (Å²) in [5.74, 6) is 1.72. The fraction of sp³-hybridized carbons (Fsp3) is 0.632. The van der Waals surface area contributed by atoms with Crippen molar-refractivity contribution in [2.75, 3.05) is 59.1 Å². The van der Waals surface area contributed by atoms with E-state index in [0.29, 0.717) is 37.6 Å². The molecule has 3 atom stereocenters. The Bertz CT molecular complexity index is 1670. The molecule has 0 aromatic heterocycles. The van der Waals surface area contributed by atoms with Crippen molar-refractivity contribution in [3.05, 3.63) is 108 Å². The minimum atomic E-state index is -0.416. The molecule has 0 bridgehead atoms. The normalized spacial score (nSPS) is 18.0. The van der Waals surface area contributed by atoms with E-state index in [1.54, 1.807) is 0 Å². The third-order valence-electron chi connectivity index (χ3n) is 11.9. The maximum absolute atomic E-state index is 12.0. The number of likely N-dealkylation sites (tertiary alicyclic amines) is 3. The van der Waals surface area contributed by atoms with Crippen molar-refractivity contribution < 1.29 is 42.8 Å². The van der Waals surface area contributed by atoms with Gasteiger partial charge in [-0.05, 0) is 155 Å². The molecule has 3 aromatic carbocycles. The van der Waals surface area contributed by atoms with Crippen molar-refractivity contribution in [1.29, 1.82) is 0 Å². The second kappa shape index (κ2) is 31.2. The summed E-state index contributed by atoms with van der Waals surface area (Å²) in [6.45, 7) is 26.4. The Morgan fingerprint density at radius 1 is 0.429 bits per heavy atom. The van der Waals surface area contributed by atoms with Crippen molar-refractivity contribution in [2.45, 2.75) is 157 Å². The van der Waals surface area contributed by atoms with Crippen LogP contribution in [-0.2, 0) is 48.2 Å². The number of nitrogens with zero attached hydrogens (tertiary/aromatic N) is 3. The van der Waals surface area contributed by atoms with Gasteiger partial charge in [-0.3, -0.25) is 0 Å². The van der Waals surface area contributed by atoms with Gasteiger partial charge >= 0.3 is 18.3 Å². The molecular weight excluding hydrogens is 903 g/mol. The highest BCUT2D eigenvalue weighted by Gasteiger charge is 2.32. The number of amides is 3. The lowest BCUT2D eigenvalue weighted by Crippen LogP contribution is -2.35. The summed E-state index contributed by atoms with van der Waals surface area (Å²) >= 11 is 0. The largest absolute Gasteiger partial charge is 0.444 e. The summed E-state index contributed by atoms with van der Waals surface area (Å²) in [4.78, 5) is 41.6. The molecule has 3 heterocycles. The van der Waals surface area contributed by atoms with Crippen LogP contribution in [-0.4, -0.2) is 109 Å². The molecule has 0 spiro atoms. The smallest absolute Gasteiger partial charge is 0.410 e. The van der Waals surface area contributed by atoms with Crippen LogP contribution in [0.5, 0.6) is 0 Å². The summed E-state index contributed by atoms with van der Waals surface area (Å²) in [5.41, 5.74) is 2.39. The van der Waals surface area contributed by atoms with Crippen LogP contribution in [0.2, 0.25) is 0 Å². The Hall–Kier alpha value is -4.30. The molecule has 3 fully saturated rings. The van der Waals surface area contributed by atoms with Gasteiger partial charge in [0, 0.05) is 59.1 Å². The monoisotopic (exact) mass is 992 g/mol. The first-order valence-corrected chi connectivity index (χ1v) is 25.6. The Kier molecular flexibility index (Phi) is 26.8. The summed E-state index contributed by atoms with van der Waals surface area (Å²) < 4.78 is 33.4. The first kappa shape index (κ1) is 60.0. The van der Waals surface area contributed by atoms with Gasteiger partial charge in [0.2, 0.25) is 0 Å². The van der Waals surface area contributed by atoms with Crippen LogP contribution in [0.3, 0.4) is 0 Å². The molecule has 3 aromatic rings. The molecular formula is C57H89N3O9S. The number of hydrogen-bond donors (Lipinski definition) is 0. The third-order valence-corrected chi connectivity index (χ3v) is 11.9. The molecule has 3 saturated heterocycles. The summed E-state index contributed by atoms with van der Waals surface area (Å²) in [6, 6.07) is 30.7. The molecule has 3 amide bonds. The molecule has 0 saturated carbocycles. The zero-order valence-electron chi connectivity index (χ0n) is 44.3. The first-order chi connectivity index (χ1) is 32.8. The minimum absolute atomic E-state index is 0. The van der Waals surface area contributed by atoms with E-state index in [1.807, 2.05) is 132 Å². The van der Waals surface area contributed by atoms with E-state index in [-0.39, 0.29) is 31.8 Å². The maximum Gasteiger partial charge on any atom is 0.410 e. The van der Waals surface area contributed by atoms with Gasteiger partial charge < -0.3 is 43.1 Å². The van der Waals surface area contributed by atoms with Crippen LogP contribution in [0, 0.1) is 17.8 Å². The quantitative estimate of drug-likeness (QED) is 0.0907. The van der Waals surface area contributed by atoms with Crippen molar-refractivity contribution >= 4 is 31.8 Å². The lowest BCUT2D eigenvalue weighted by molar-refractivity contribution is 0.0276. The topological polar surface area (TPSA) is 116 Å². The molecule has 0 radical (unpaired) electrons. The number of rotatable bonds is 18. The van der Waals surface area contributed by atoms with Gasteiger partial charge in [-0.2, -0.15) is 13.5 Å². The molecule has 70 heavy (non-hydrogen) atoms. The van der Waals surface area contributed by atoms with Gasteiger partial charge in [-0.1, -0.05) is 91.0 Å². The van der Waals surface area contributed by atoms with E-state index in [9.17, 15) is 14.4 Å². The Morgan fingerprint density at radius 3 is 0.900 bits per heavy atom. The van der Waals surface area contributed by atoms with Crippen LogP contribution in [0.25, 0.3) is 0 Å². The number of benzene rings is 3. The third kappa shape index (κ3) is 26.2. The zero-order chi connectivity index (χ0) is 50.1.